The van der Waals surface area contributed by atoms with Crippen molar-refractivity contribution in [3.8, 4) is 11.1 Å². The van der Waals surface area contributed by atoms with Gasteiger partial charge in [0.15, 0.2) is 0 Å². The van der Waals surface area contributed by atoms with Gasteiger partial charge in [-0.05, 0) is 55.3 Å². The van der Waals surface area contributed by atoms with Crippen LogP contribution in [0.5, 0.6) is 0 Å². The molecule has 1 aliphatic heterocycles. The zero-order valence-corrected chi connectivity index (χ0v) is 30.1. The molecule has 0 saturated carbocycles. The summed E-state index contributed by atoms with van der Waals surface area (Å²) in [5.41, 5.74) is 4.10. The number of fused-ring (bicyclic) bond motifs is 3. The Bertz CT molecular complexity index is 1490. The predicted octanol–water partition coefficient (Wildman–Crippen LogP) is 10.5. The Balaban J connectivity index is 0.000000603. The molecule has 1 aliphatic rings. The van der Waals surface area contributed by atoms with E-state index in [1.54, 1.807) is 12.1 Å². The average Bonchev–Trinajstić information content (AvgIpc) is 3.09. The fourth-order valence-corrected chi connectivity index (χ4v) is 7.79. The summed E-state index contributed by atoms with van der Waals surface area (Å²) in [5, 5.41) is 0.0283. The minimum Gasteiger partial charge on any atom is -0.543 e. The van der Waals surface area contributed by atoms with Gasteiger partial charge in [-0.15, -0.1) is 0 Å². The molecular weight excluding hydrogens is 573 g/mol. The predicted molar refractivity (Wildman–Crippen MR) is 183 cm³/mol. The summed E-state index contributed by atoms with van der Waals surface area (Å²) in [4.78, 5) is 0.580. The van der Waals surface area contributed by atoms with Crippen LogP contribution in [0.3, 0.4) is 0 Å². The molecule has 3 aromatic rings. The van der Waals surface area contributed by atoms with Crippen molar-refractivity contribution < 1.29 is 17.3 Å². The van der Waals surface area contributed by atoms with E-state index in [-0.39, 0.29) is 19.9 Å². The molecule has 1 heterocycles. The fourth-order valence-electron chi connectivity index (χ4n) is 3.97. The van der Waals surface area contributed by atoms with Crippen LogP contribution in [0.15, 0.2) is 89.7 Å². The molecule has 0 unspecified atom stereocenters. The Kier molecular flexibility index (Phi) is 9.34. The third-order valence-corrected chi connectivity index (χ3v) is 19.4. The normalized spacial score (nSPS) is 14.2. The van der Waals surface area contributed by atoms with Crippen LogP contribution in [0, 0.1) is 6.92 Å². The Hall–Kier alpha value is -2.88. The van der Waals surface area contributed by atoms with Gasteiger partial charge < -0.3 is 8.85 Å². The lowest BCUT2D eigenvalue weighted by Crippen LogP contribution is -2.40. The van der Waals surface area contributed by atoms with Gasteiger partial charge in [0.1, 0.15) is 11.5 Å². The van der Waals surface area contributed by atoms with E-state index in [1.807, 2.05) is 42.5 Å². The standard InChI is InChI=1S/C28H40O4SSi2.C7H8/c1-19(31-34(9,10)27(3,4)5)21-13-15-23-24-16-14-22(18-26(24)33(29,30)25(23)17-21)20(2)32-35(11,12)28(6,7)8;1-7-5-3-2-4-6-7/h13-18H,1-2H2,3-12H3;2-6H,1H3. The molecule has 42 heavy (non-hydrogen) atoms. The summed E-state index contributed by atoms with van der Waals surface area (Å²) in [6.45, 7) is 31.9. The van der Waals surface area contributed by atoms with Crippen LogP contribution in [-0.2, 0) is 18.7 Å². The summed E-state index contributed by atoms with van der Waals surface area (Å²) in [6.07, 6.45) is 0. The van der Waals surface area contributed by atoms with E-state index >= 15 is 0 Å². The highest BCUT2D eigenvalue weighted by Crippen LogP contribution is 2.46. The summed E-state index contributed by atoms with van der Waals surface area (Å²) >= 11 is 0. The van der Waals surface area contributed by atoms with Crippen molar-refractivity contribution in [1.82, 2.24) is 0 Å². The molecule has 0 fully saturated rings. The first-order valence-electron chi connectivity index (χ1n) is 14.4. The first kappa shape index (κ1) is 33.6. The first-order valence-corrected chi connectivity index (χ1v) is 21.7. The molecule has 0 radical (unpaired) electrons. The molecule has 4 nitrogen and oxygen atoms in total. The second-order valence-corrected chi connectivity index (χ2v) is 25.5. The van der Waals surface area contributed by atoms with Crippen molar-refractivity contribution >= 4 is 38.0 Å². The van der Waals surface area contributed by atoms with E-state index in [1.165, 1.54) is 5.56 Å². The Morgan fingerprint density at radius 1 is 0.643 bits per heavy atom. The van der Waals surface area contributed by atoms with Crippen molar-refractivity contribution in [2.45, 2.75) is 94.5 Å². The zero-order valence-electron chi connectivity index (χ0n) is 27.3. The minimum absolute atomic E-state index is 0.0141. The largest absolute Gasteiger partial charge is 0.543 e. The van der Waals surface area contributed by atoms with Crippen molar-refractivity contribution in [1.29, 1.82) is 0 Å². The lowest BCUT2D eigenvalue weighted by atomic mass is 10.0. The zero-order chi connectivity index (χ0) is 31.9. The number of rotatable bonds is 6. The second-order valence-electron chi connectivity index (χ2n) is 14.2. The van der Waals surface area contributed by atoms with Gasteiger partial charge in [0.05, 0.1) is 9.79 Å². The van der Waals surface area contributed by atoms with Crippen LogP contribution in [-0.4, -0.2) is 25.1 Å². The molecule has 226 valence electrons. The Morgan fingerprint density at radius 2 is 1.00 bits per heavy atom. The molecular formula is C35H48O4SSi2. The van der Waals surface area contributed by atoms with Crippen LogP contribution >= 0.6 is 0 Å². The highest BCUT2D eigenvalue weighted by molar-refractivity contribution is 7.92. The van der Waals surface area contributed by atoms with Crippen molar-refractivity contribution in [2.75, 3.05) is 0 Å². The first-order chi connectivity index (χ1) is 19.1. The van der Waals surface area contributed by atoms with Crippen LogP contribution in [0.1, 0.15) is 58.2 Å². The summed E-state index contributed by atoms with van der Waals surface area (Å²) in [7, 11) is -7.89. The van der Waals surface area contributed by atoms with Crippen molar-refractivity contribution in [3.05, 3.63) is 96.6 Å². The molecule has 0 N–H and O–H groups in total. The van der Waals surface area contributed by atoms with Gasteiger partial charge in [-0.2, -0.15) is 0 Å². The lowest BCUT2D eigenvalue weighted by molar-refractivity contribution is 0.459. The van der Waals surface area contributed by atoms with Gasteiger partial charge in [0.25, 0.3) is 0 Å². The molecule has 4 rings (SSSR count). The monoisotopic (exact) mass is 620 g/mol. The molecule has 0 amide bonds. The quantitative estimate of drug-likeness (QED) is 0.159. The van der Waals surface area contributed by atoms with Crippen LogP contribution < -0.4 is 0 Å². The van der Waals surface area contributed by atoms with E-state index in [0.29, 0.717) is 33.8 Å². The Morgan fingerprint density at radius 3 is 1.29 bits per heavy atom. The third-order valence-electron chi connectivity index (χ3n) is 8.79. The van der Waals surface area contributed by atoms with Gasteiger partial charge in [0, 0.05) is 22.3 Å². The lowest BCUT2D eigenvalue weighted by Gasteiger charge is -2.37. The average molecular weight is 621 g/mol. The topological polar surface area (TPSA) is 52.6 Å². The van der Waals surface area contributed by atoms with Crippen molar-refractivity contribution in [2.24, 2.45) is 0 Å². The van der Waals surface area contributed by atoms with E-state index in [9.17, 15) is 8.42 Å². The number of aryl methyl sites for hydroxylation is 1. The number of hydrogen-bond acceptors (Lipinski definition) is 4. The summed E-state index contributed by atoms with van der Waals surface area (Å²) < 4.78 is 39.9. The van der Waals surface area contributed by atoms with E-state index in [2.05, 4.69) is 99.9 Å². The van der Waals surface area contributed by atoms with Crippen LogP contribution in [0.4, 0.5) is 0 Å². The maximum Gasteiger partial charge on any atom is 0.250 e. The molecule has 0 aliphatic carbocycles. The molecule has 3 aromatic carbocycles. The molecule has 0 atom stereocenters. The SMILES string of the molecule is C=C(O[Si](C)(C)C(C)(C)C)c1ccc2c(c1)S(=O)(=O)c1cc(C(=C)O[Si](C)(C)C(C)(C)C)ccc1-2.Cc1ccccc1. The minimum atomic E-state index is -3.69. The Labute approximate surface area is 256 Å². The van der Waals surface area contributed by atoms with Crippen molar-refractivity contribution in [3.63, 3.8) is 0 Å². The van der Waals surface area contributed by atoms with E-state index in [0.717, 1.165) is 0 Å². The van der Waals surface area contributed by atoms with Crippen LogP contribution in [0.2, 0.25) is 36.3 Å². The highest BCUT2D eigenvalue weighted by Gasteiger charge is 2.41. The molecule has 7 heteroatoms. The fraction of sp³-hybridized carbons (Fsp3) is 0.371. The smallest absolute Gasteiger partial charge is 0.250 e. The van der Waals surface area contributed by atoms with Crippen LogP contribution in [0.25, 0.3) is 22.6 Å². The highest BCUT2D eigenvalue weighted by atomic mass is 32.2. The van der Waals surface area contributed by atoms with Gasteiger partial charge in [-0.1, -0.05) is 115 Å². The maximum atomic E-state index is 13.6. The van der Waals surface area contributed by atoms with E-state index in [4.69, 9.17) is 8.85 Å². The molecule has 0 bridgehead atoms. The summed E-state index contributed by atoms with van der Waals surface area (Å²) in [6, 6.07) is 21.2. The van der Waals surface area contributed by atoms with E-state index < -0.39 is 26.5 Å². The number of benzene rings is 3. The van der Waals surface area contributed by atoms with Gasteiger partial charge in [-0.25, -0.2) is 8.42 Å². The molecule has 0 spiro atoms. The number of hydrogen-bond donors (Lipinski definition) is 0. The number of sulfone groups is 1. The summed E-state index contributed by atoms with van der Waals surface area (Å²) in [5.74, 6) is 1.03. The maximum absolute atomic E-state index is 13.6. The third kappa shape index (κ3) is 7.01. The van der Waals surface area contributed by atoms with Gasteiger partial charge in [0.2, 0.25) is 26.5 Å². The van der Waals surface area contributed by atoms with Gasteiger partial charge in [-0.3, -0.25) is 0 Å². The second kappa shape index (κ2) is 11.7. The molecule has 0 saturated heterocycles. The van der Waals surface area contributed by atoms with Gasteiger partial charge >= 0.3 is 0 Å². The molecule has 0 aromatic heterocycles.